The Kier molecular flexibility index (Phi) is 5.07. The molecule has 6 nitrogen and oxygen atoms in total. The van der Waals surface area contributed by atoms with Crippen LogP contribution in [-0.2, 0) is 6.54 Å². The third-order valence-corrected chi connectivity index (χ3v) is 3.70. The van der Waals surface area contributed by atoms with Crippen molar-refractivity contribution < 1.29 is 0 Å². The van der Waals surface area contributed by atoms with Gasteiger partial charge in [0.25, 0.3) is 0 Å². The highest BCUT2D eigenvalue weighted by Gasteiger charge is 2.05. The zero-order valence-electron chi connectivity index (χ0n) is 11.5. The first kappa shape index (κ1) is 15.2. The number of rotatable bonds is 4. The highest BCUT2D eigenvalue weighted by Crippen LogP contribution is 2.27. The first-order chi connectivity index (χ1) is 10.1. The van der Waals surface area contributed by atoms with Crippen LogP contribution in [0.2, 0.25) is 0 Å². The third kappa shape index (κ3) is 4.40. The summed E-state index contributed by atoms with van der Waals surface area (Å²) in [5.74, 6) is 0.00873. The van der Waals surface area contributed by atoms with Gasteiger partial charge in [-0.15, -0.1) is 11.3 Å². The quantitative estimate of drug-likeness (QED) is 0.385. The molecule has 8 heteroatoms. The minimum absolute atomic E-state index is 0.00873. The maximum Gasteiger partial charge on any atom is 0.212 e. The number of nitrogens with zero attached hydrogens (tertiary/aromatic N) is 2. The monoisotopic (exact) mass is 320 g/mol. The number of hydrogen-bond donors (Lipinski definition) is 4. The second-order valence-corrected chi connectivity index (χ2v) is 5.43. The second-order valence-electron chi connectivity index (χ2n) is 4.19. The van der Waals surface area contributed by atoms with E-state index in [2.05, 4.69) is 26.7 Å². The molecule has 2 aromatic rings. The molecule has 0 unspecified atom stereocenters. The van der Waals surface area contributed by atoms with Crippen LogP contribution in [0.3, 0.4) is 0 Å². The van der Waals surface area contributed by atoms with Gasteiger partial charge in [0.1, 0.15) is 0 Å². The topological polar surface area (TPSA) is 101 Å². The molecule has 0 bridgehead atoms. The smallest absolute Gasteiger partial charge is 0.212 e. The number of guanidine groups is 1. The molecule has 0 aliphatic carbocycles. The van der Waals surface area contributed by atoms with E-state index >= 15 is 0 Å². The zero-order chi connectivity index (χ0) is 15.2. The Balaban J connectivity index is 2.15. The van der Waals surface area contributed by atoms with Crippen LogP contribution in [0.15, 0.2) is 34.6 Å². The average molecular weight is 320 g/mol. The molecular weight excluding hydrogens is 304 g/mol. The van der Waals surface area contributed by atoms with Gasteiger partial charge in [0.05, 0.1) is 5.69 Å². The summed E-state index contributed by atoms with van der Waals surface area (Å²) in [6.45, 7) is 0.651. The molecule has 0 fully saturated rings. The van der Waals surface area contributed by atoms with E-state index < -0.39 is 0 Å². The molecule has 1 heterocycles. The minimum atomic E-state index is 0.00873. The van der Waals surface area contributed by atoms with Crippen molar-refractivity contribution >= 4 is 39.8 Å². The lowest BCUT2D eigenvalue weighted by atomic mass is 10.1. The number of aromatic nitrogens is 1. The second kappa shape index (κ2) is 7.00. The van der Waals surface area contributed by atoms with Gasteiger partial charge in [-0.3, -0.25) is 0 Å². The largest absolute Gasteiger partial charge is 0.370 e. The Morgan fingerprint density at radius 2 is 2.24 bits per heavy atom. The molecule has 21 heavy (non-hydrogen) atoms. The lowest BCUT2D eigenvalue weighted by Crippen LogP contribution is -2.31. The van der Waals surface area contributed by atoms with Gasteiger partial charge in [-0.1, -0.05) is 18.2 Å². The first-order valence-electron chi connectivity index (χ1n) is 6.18. The summed E-state index contributed by atoms with van der Waals surface area (Å²) in [4.78, 5) is 8.33. The van der Waals surface area contributed by atoms with E-state index in [0.29, 0.717) is 16.8 Å². The van der Waals surface area contributed by atoms with E-state index in [-0.39, 0.29) is 5.96 Å². The molecule has 6 N–H and O–H groups in total. The van der Waals surface area contributed by atoms with E-state index in [1.807, 2.05) is 23.6 Å². The molecule has 0 radical (unpaired) electrons. The Hall–Kier alpha value is -2.19. The number of nitrogens with two attached hydrogens (primary N) is 2. The molecule has 0 atom stereocenters. The SMILES string of the molecule is CNC(=S)NCc1cccc(-c2csc(N=C(N)N)n2)c1. The lowest BCUT2D eigenvalue weighted by Gasteiger charge is -2.07. The van der Waals surface area contributed by atoms with Crippen LogP contribution in [-0.4, -0.2) is 23.1 Å². The van der Waals surface area contributed by atoms with E-state index in [9.17, 15) is 0 Å². The number of aliphatic imine (C=N–C) groups is 1. The normalized spacial score (nSPS) is 9.95. The molecule has 0 aliphatic rings. The van der Waals surface area contributed by atoms with Crippen LogP contribution >= 0.6 is 23.6 Å². The fourth-order valence-electron chi connectivity index (χ4n) is 1.67. The Bertz CT molecular complexity index is 660. The molecule has 0 saturated carbocycles. The van der Waals surface area contributed by atoms with Crippen molar-refractivity contribution in [2.24, 2.45) is 16.5 Å². The maximum absolute atomic E-state index is 5.35. The minimum Gasteiger partial charge on any atom is -0.370 e. The van der Waals surface area contributed by atoms with Gasteiger partial charge in [0.15, 0.2) is 11.1 Å². The van der Waals surface area contributed by atoms with Crippen molar-refractivity contribution in [2.45, 2.75) is 6.54 Å². The molecule has 0 aliphatic heterocycles. The summed E-state index contributed by atoms with van der Waals surface area (Å²) in [5.41, 5.74) is 13.7. The summed E-state index contributed by atoms with van der Waals surface area (Å²) in [6, 6.07) is 8.06. The molecule has 1 aromatic heterocycles. The summed E-state index contributed by atoms with van der Waals surface area (Å²) in [6.07, 6.45) is 0. The molecule has 0 saturated heterocycles. The zero-order valence-corrected chi connectivity index (χ0v) is 13.1. The van der Waals surface area contributed by atoms with Crippen molar-refractivity contribution in [3.8, 4) is 11.3 Å². The molecular formula is C13H16N6S2. The van der Waals surface area contributed by atoms with E-state index in [0.717, 1.165) is 16.8 Å². The summed E-state index contributed by atoms with van der Waals surface area (Å²) < 4.78 is 0. The van der Waals surface area contributed by atoms with E-state index in [4.69, 9.17) is 23.7 Å². The standard InChI is InChI=1S/C13H16N6S2/c1-16-12(20)17-6-8-3-2-4-9(5-8)10-7-21-13(18-10)19-11(14)15/h2-5,7H,6H2,1H3,(H2,16,17,20)(H4,14,15,18,19). The molecule has 0 spiro atoms. The van der Waals surface area contributed by atoms with Gasteiger partial charge in [-0.05, 0) is 23.8 Å². The van der Waals surface area contributed by atoms with Crippen LogP contribution in [0.4, 0.5) is 5.13 Å². The van der Waals surface area contributed by atoms with Crippen molar-refractivity contribution in [2.75, 3.05) is 7.05 Å². The van der Waals surface area contributed by atoms with Crippen molar-refractivity contribution in [1.29, 1.82) is 0 Å². The van der Waals surface area contributed by atoms with Crippen molar-refractivity contribution in [1.82, 2.24) is 15.6 Å². The predicted octanol–water partition coefficient (Wildman–Crippen LogP) is 1.31. The van der Waals surface area contributed by atoms with E-state index in [1.165, 1.54) is 11.3 Å². The summed E-state index contributed by atoms with van der Waals surface area (Å²) in [7, 11) is 1.78. The lowest BCUT2D eigenvalue weighted by molar-refractivity contribution is 0.891. The fourth-order valence-corrected chi connectivity index (χ4v) is 2.46. The number of thiazole rings is 1. The highest BCUT2D eigenvalue weighted by molar-refractivity contribution is 7.80. The van der Waals surface area contributed by atoms with Crippen LogP contribution in [0.5, 0.6) is 0 Å². The molecule has 110 valence electrons. The first-order valence-corrected chi connectivity index (χ1v) is 7.47. The van der Waals surface area contributed by atoms with Gasteiger partial charge in [-0.25, -0.2) is 4.98 Å². The predicted molar refractivity (Wildman–Crippen MR) is 91.5 cm³/mol. The Labute approximate surface area is 132 Å². The number of hydrogen-bond acceptors (Lipinski definition) is 4. The van der Waals surface area contributed by atoms with Crippen LogP contribution in [0.1, 0.15) is 5.56 Å². The van der Waals surface area contributed by atoms with Gasteiger partial charge >= 0.3 is 0 Å². The number of nitrogens with one attached hydrogen (secondary N) is 2. The summed E-state index contributed by atoms with van der Waals surface area (Å²) in [5, 5.41) is 9.06. The van der Waals surface area contributed by atoms with E-state index in [1.54, 1.807) is 7.05 Å². The molecule has 1 aromatic carbocycles. The number of benzene rings is 1. The van der Waals surface area contributed by atoms with Gasteiger partial charge in [-0.2, -0.15) is 4.99 Å². The molecule has 2 rings (SSSR count). The molecule has 0 amide bonds. The van der Waals surface area contributed by atoms with Gasteiger partial charge < -0.3 is 22.1 Å². The summed E-state index contributed by atoms with van der Waals surface area (Å²) >= 11 is 6.45. The average Bonchev–Trinajstić information content (AvgIpc) is 2.92. The van der Waals surface area contributed by atoms with Crippen LogP contribution in [0, 0.1) is 0 Å². The van der Waals surface area contributed by atoms with Crippen molar-refractivity contribution in [3.63, 3.8) is 0 Å². The van der Waals surface area contributed by atoms with Crippen LogP contribution in [0.25, 0.3) is 11.3 Å². The fraction of sp³-hybridized carbons (Fsp3) is 0.154. The van der Waals surface area contributed by atoms with Gasteiger partial charge in [0.2, 0.25) is 5.13 Å². The maximum atomic E-state index is 5.35. The Morgan fingerprint density at radius 3 is 2.95 bits per heavy atom. The number of thiocarbonyl (C=S) groups is 1. The Morgan fingerprint density at radius 1 is 1.43 bits per heavy atom. The van der Waals surface area contributed by atoms with Gasteiger partial charge in [0, 0.05) is 24.5 Å². The van der Waals surface area contributed by atoms with Crippen LogP contribution < -0.4 is 22.1 Å². The van der Waals surface area contributed by atoms with Crippen molar-refractivity contribution in [3.05, 3.63) is 35.2 Å². The highest BCUT2D eigenvalue weighted by atomic mass is 32.1. The third-order valence-electron chi connectivity index (χ3n) is 2.62.